The molecule has 0 aromatic heterocycles. The lowest BCUT2D eigenvalue weighted by molar-refractivity contribution is -0.139. The Morgan fingerprint density at radius 3 is 2.18 bits per heavy atom. The summed E-state index contributed by atoms with van der Waals surface area (Å²) in [5, 5.41) is 5.33. The SMILES string of the molecule is C#CN(C(=O)C(CCC(N)=O)NC(=O)OC(C)(C)C)C(C(=O)NC(C)(C)C)c1ccccc1C. The largest absolute Gasteiger partial charge is 0.444 e. The van der Waals surface area contributed by atoms with Crippen molar-refractivity contribution in [2.45, 2.75) is 84.5 Å². The highest BCUT2D eigenvalue weighted by atomic mass is 16.6. The number of nitrogens with two attached hydrogens (primary N) is 1. The van der Waals surface area contributed by atoms with Gasteiger partial charge in [-0.1, -0.05) is 30.7 Å². The molecule has 4 amide bonds. The van der Waals surface area contributed by atoms with Crippen molar-refractivity contribution < 1.29 is 23.9 Å². The number of nitrogens with zero attached hydrogens (tertiary/aromatic N) is 1. The number of ether oxygens (including phenoxy) is 1. The topological polar surface area (TPSA) is 131 Å². The van der Waals surface area contributed by atoms with Gasteiger partial charge in [0.05, 0.1) is 0 Å². The molecule has 0 aliphatic heterocycles. The van der Waals surface area contributed by atoms with Crippen LogP contribution in [-0.2, 0) is 19.1 Å². The number of terminal acetylenes is 1. The third kappa shape index (κ3) is 9.14. The molecule has 9 heteroatoms. The van der Waals surface area contributed by atoms with Gasteiger partial charge in [0.1, 0.15) is 17.7 Å². The third-order valence-corrected chi connectivity index (χ3v) is 4.53. The number of aryl methyl sites for hydroxylation is 1. The van der Waals surface area contributed by atoms with E-state index in [1.165, 1.54) is 0 Å². The van der Waals surface area contributed by atoms with Crippen molar-refractivity contribution in [3.8, 4) is 12.5 Å². The van der Waals surface area contributed by atoms with Gasteiger partial charge >= 0.3 is 6.09 Å². The molecule has 2 unspecified atom stereocenters. The van der Waals surface area contributed by atoms with Gasteiger partial charge in [-0.2, -0.15) is 0 Å². The summed E-state index contributed by atoms with van der Waals surface area (Å²) in [6, 6.07) is 6.94. The fourth-order valence-corrected chi connectivity index (χ4v) is 3.16. The molecule has 0 bridgehead atoms. The van der Waals surface area contributed by atoms with Gasteiger partial charge in [-0.15, -0.1) is 0 Å². The van der Waals surface area contributed by atoms with Crippen molar-refractivity contribution in [2.75, 3.05) is 0 Å². The summed E-state index contributed by atoms with van der Waals surface area (Å²) in [6.07, 6.45) is 4.56. The van der Waals surface area contributed by atoms with E-state index in [-0.39, 0.29) is 12.8 Å². The number of nitrogens with one attached hydrogen (secondary N) is 2. The van der Waals surface area contributed by atoms with Crippen molar-refractivity contribution in [1.82, 2.24) is 15.5 Å². The van der Waals surface area contributed by atoms with Gasteiger partial charge < -0.3 is 21.1 Å². The maximum atomic E-state index is 13.6. The molecule has 0 fully saturated rings. The van der Waals surface area contributed by atoms with Crippen LogP contribution in [0.3, 0.4) is 0 Å². The van der Waals surface area contributed by atoms with Crippen LogP contribution in [0.25, 0.3) is 0 Å². The van der Waals surface area contributed by atoms with Crippen LogP contribution >= 0.6 is 0 Å². The Labute approximate surface area is 201 Å². The molecular weight excluding hydrogens is 436 g/mol. The highest BCUT2D eigenvalue weighted by molar-refractivity contribution is 5.94. The second-order valence-electron chi connectivity index (χ2n) is 10.0. The minimum absolute atomic E-state index is 0.118. The molecule has 4 N–H and O–H groups in total. The van der Waals surface area contributed by atoms with Gasteiger partial charge in [0, 0.05) is 18.0 Å². The first-order valence-electron chi connectivity index (χ1n) is 11.0. The Morgan fingerprint density at radius 1 is 1.12 bits per heavy atom. The summed E-state index contributed by atoms with van der Waals surface area (Å²) in [4.78, 5) is 51.6. The Balaban J connectivity index is 3.43. The smallest absolute Gasteiger partial charge is 0.408 e. The van der Waals surface area contributed by atoms with Crippen LogP contribution in [0.2, 0.25) is 0 Å². The Bertz CT molecular complexity index is 953. The molecule has 186 valence electrons. The van der Waals surface area contributed by atoms with Gasteiger partial charge in [-0.05, 0) is 66.0 Å². The first-order chi connectivity index (χ1) is 15.6. The van der Waals surface area contributed by atoms with Crippen LogP contribution in [0.1, 0.15) is 71.6 Å². The number of rotatable bonds is 8. The van der Waals surface area contributed by atoms with E-state index >= 15 is 0 Å². The van der Waals surface area contributed by atoms with E-state index in [4.69, 9.17) is 16.9 Å². The Morgan fingerprint density at radius 2 is 1.71 bits per heavy atom. The monoisotopic (exact) mass is 472 g/mol. The lowest BCUT2D eigenvalue weighted by Crippen LogP contribution is -2.53. The summed E-state index contributed by atoms with van der Waals surface area (Å²) < 4.78 is 5.25. The molecule has 34 heavy (non-hydrogen) atoms. The molecule has 2 atom stereocenters. The van der Waals surface area contributed by atoms with Crippen LogP contribution in [0, 0.1) is 19.4 Å². The molecule has 0 aliphatic rings. The zero-order chi connectivity index (χ0) is 26.3. The van der Waals surface area contributed by atoms with Gasteiger partial charge in [-0.3, -0.25) is 19.3 Å². The first-order valence-corrected chi connectivity index (χ1v) is 11.0. The van der Waals surface area contributed by atoms with Crippen molar-refractivity contribution in [2.24, 2.45) is 5.73 Å². The summed E-state index contributed by atoms with van der Waals surface area (Å²) in [5.41, 5.74) is 5.12. The van der Waals surface area contributed by atoms with E-state index in [1.54, 1.807) is 52.0 Å². The Hall–Kier alpha value is -3.54. The maximum Gasteiger partial charge on any atom is 0.408 e. The molecule has 9 nitrogen and oxygen atoms in total. The van der Waals surface area contributed by atoms with E-state index in [0.717, 1.165) is 10.5 Å². The number of amides is 4. The molecule has 0 spiro atoms. The third-order valence-electron chi connectivity index (χ3n) is 4.53. The normalized spacial score (nSPS) is 13.1. The number of primary amides is 1. The van der Waals surface area contributed by atoms with Crippen molar-refractivity contribution >= 4 is 23.8 Å². The fourth-order valence-electron chi connectivity index (χ4n) is 3.16. The van der Waals surface area contributed by atoms with E-state index in [0.29, 0.717) is 5.56 Å². The van der Waals surface area contributed by atoms with Gasteiger partial charge in [0.2, 0.25) is 11.8 Å². The quantitative estimate of drug-likeness (QED) is 0.395. The number of benzene rings is 1. The van der Waals surface area contributed by atoms with Gasteiger partial charge in [0.15, 0.2) is 0 Å². The summed E-state index contributed by atoms with van der Waals surface area (Å²) in [5.74, 6) is -1.89. The van der Waals surface area contributed by atoms with E-state index in [9.17, 15) is 19.2 Å². The first kappa shape index (κ1) is 28.5. The van der Waals surface area contributed by atoms with E-state index in [1.807, 2.05) is 20.8 Å². The molecule has 0 saturated heterocycles. The molecule has 1 rings (SSSR count). The average molecular weight is 473 g/mol. The highest BCUT2D eigenvalue weighted by Crippen LogP contribution is 2.26. The van der Waals surface area contributed by atoms with Crippen LogP contribution in [0.5, 0.6) is 0 Å². The lowest BCUT2D eigenvalue weighted by atomic mass is 9.97. The molecule has 0 radical (unpaired) electrons. The zero-order valence-corrected chi connectivity index (χ0v) is 21.0. The summed E-state index contributed by atoms with van der Waals surface area (Å²) in [6.45, 7) is 12.2. The molecule has 0 saturated carbocycles. The van der Waals surface area contributed by atoms with Crippen molar-refractivity contribution in [1.29, 1.82) is 0 Å². The minimum Gasteiger partial charge on any atom is -0.444 e. The average Bonchev–Trinajstić information content (AvgIpc) is 2.66. The zero-order valence-electron chi connectivity index (χ0n) is 21.0. The molecule has 1 aromatic carbocycles. The fraction of sp³-hybridized carbons (Fsp3) is 0.520. The molecule has 1 aromatic rings. The number of hydrogen-bond acceptors (Lipinski definition) is 5. The predicted octanol–water partition coefficient (Wildman–Crippen LogP) is 2.53. The van der Waals surface area contributed by atoms with Crippen molar-refractivity contribution in [3.05, 3.63) is 35.4 Å². The maximum absolute atomic E-state index is 13.6. The second-order valence-corrected chi connectivity index (χ2v) is 10.0. The van der Waals surface area contributed by atoms with Crippen molar-refractivity contribution in [3.63, 3.8) is 0 Å². The van der Waals surface area contributed by atoms with Gasteiger partial charge in [0.25, 0.3) is 5.91 Å². The minimum atomic E-state index is -1.24. The molecule has 0 heterocycles. The number of hydrogen-bond donors (Lipinski definition) is 3. The van der Waals surface area contributed by atoms with Gasteiger partial charge in [-0.25, -0.2) is 4.79 Å². The lowest BCUT2D eigenvalue weighted by Gasteiger charge is -2.33. The predicted molar refractivity (Wildman–Crippen MR) is 129 cm³/mol. The number of carbonyl (C=O) groups excluding carboxylic acids is 4. The molecular formula is C25H36N4O5. The van der Waals surface area contributed by atoms with E-state index in [2.05, 4.69) is 16.7 Å². The highest BCUT2D eigenvalue weighted by Gasteiger charge is 2.37. The van der Waals surface area contributed by atoms with Crippen LogP contribution in [-0.4, -0.2) is 45.9 Å². The van der Waals surface area contributed by atoms with Crippen LogP contribution < -0.4 is 16.4 Å². The standard InChI is InChI=1S/C25H36N4O5/c1-9-29(20(21(31)28-24(3,4)5)17-13-11-10-12-16(17)2)22(32)18(14-15-19(26)30)27-23(33)34-25(6,7)8/h1,10-13,18,20H,14-15H2,2-8H3,(H2,26,30)(H,27,33)(H,28,31). The molecule has 0 aliphatic carbocycles. The Kier molecular flexibility index (Phi) is 9.68. The van der Waals surface area contributed by atoms with Crippen LogP contribution in [0.4, 0.5) is 4.79 Å². The number of carbonyl (C=O) groups is 4. The van der Waals surface area contributed by atoms with E-state index < -0.39 is 47.0 Å². The number of alkyl carbamates (subject to hydrolysis) is 1. The summed E-state index contributed by atoms with van der Waals surface area (Å²) >= 11 is 0. The summed E-state index contributed by atoms with van der Waals surface area (Å²) in [7, 11) is 0. The van der Waals surface area contributed by atoms with Crippen LogP contribution in [0.15, 0.2) is 24.3 Å². The second kappa shape index (κ2) is 11.5.